The number of nitrogens with zero attached hydrogens (tertiary/aromatic N) is 2. The van der Waals surface area contributed by atoms with E-state index in [1.165, 1.54) is 0 Å². The molecule has 2 rings (SSSR count). The molecule has 0 radical (unpaired) electrons. The molecule has 1 aromatic carbocycles. The Hall–Kier alpha value is -2.10. The molecule has 2 aromatic rings. The molecule has 4 nitrogen and oxygen atoms in total. The third-order valence-corrected chi connectivity index (χ3v) is 2.29. The third-order valence-electron chi connectivity index (χ3n) is 2.29. The van der Waals surface area contributed by atoms with E-state index in [1.54, 1.807) is 19.5 Å². The summed E-state index contributed by atoms with van der Waals surface area (Å²) >= 11 is 0. The molecule has 0 aliphatic heterocycles. The zero-order chi connectivity index (χ0) is 11.4. The van der Waals surface area contributed by atoms with Crippen molar-refractivity contribution in [1.82, 2.24) is 9.97 Å². The summed E-state index contributed by atoms with van der Waals surface area (Å²) in [4.78, 5) is 8.52. The van der Waals surface area contributed by atoms with E-state index < -0.39 is 0 Å². The topological polar surface area (TPSA) is 47.0 Å². The molecule has 1 heterocycles. The average molecular weight is 215 g/mol. The molecular formula is C12H13N3O. The van der Waals surface area contributed by atoms with Crippen LogP contribution in [0, 0.1) is 0 Å². The standard InChI is InChI=1S/C12H13N3O/c1-13-10-7-14-12(15-8-10)9-3-5-11(16-2)6-4-9/h3-8,13H,1-2H3. The highest BCUT2D eigenvalue weighted by Gasteiger charge is 2.00. The maximum Gasteiger partial charge on any atom is 0.159 e. The highest BCUT2D eigenvalue weighted by Crippen LogP contribution is 2.19. The molecular weight excluding hydrogens is 202 g/mol. The number of ether oxygens (including phenoxy) is 1. The van der Waals surface area contributed by atoms with Crippen LogP contribution in [0.2, 0.25) is 0 Å². The largest absolute Gasteiger partial charge is 0.497 e. The molecule has 0 amide bonds. The fourth-order valence-electron chi connectivity index (χ4n) is 1.35. The number of rotatable bonds is 3. The van der Waals surface area contributed by atoms with Gasteiger partial charge in [-0.3, -0.25) is 0 Å². The number of hydrogen-bond donors (Lipinski definition) is 1. The van der Waals surface area contributed by atoms with Gasteiger partial charge in [0, 0.05) is 12.6 Å². The molecule has 4 heteroatoms. The van der Waals surface area contributed by atoms with E-state index >= 15 is 0 Å². The van der Waals surface area contributed by atoms with Crippen molar-refractivity contribution in [2.45, 2.75) is 0 Å². The second-order valence-electron chi connectivity index (χ2n) is 3.27. The van der Waals surface area contributed by atoms with E-state index in [0.717, 1.165) is 17.0 Å². The van der Waals surface area contributed by atoms with Crippen molar-refractivity contribution in [3.05, 3.63) is 36.7 Å². The molecule has 0 spiro atoms. The van der Waals surface area contributed by atoms with E-state index in [-0.39, 0.29) is 0 Å². The second-order valence-corrected chi connectivity index (χ2v) is 3.27. The van der Waals surface area contributed by atoms with Crippen molar-refractivity contribution in [2.75, 3.05) is 19.5 Å². The highest BCUT2D eigenvalue weighted by atomic mass is 16.5. The van der Waals surface area contributed by atoms with E-state index in [0.29, 0.717) is 5.82 Å². The molecule has 82 valence electrons. The summed E-state index contributed by atoms with van der Waals surface area (Å²) in [6.45, 7) is 0. The minimum atomic E-state index is 0.710. The Morgan fingerprint density at radius 1 is 1.06 bits per heavy atom. The SMILES string of the molecule is CNc1cnc(-c2ccc(OC)cc2)nc1. The molecule has 0 bridgehead atoms. The van der Waals surface area contributed by atoms with Gasteiger partial charge in [0.15, 0.2) is 5.82 Å². The van der Waals surface area contributed by atoms with Crippen molar-refractivity contribution in [1.29, 1.82) is 0 Å². The predicted molar refractivity (Wildman–Crippen MR) is 63.6 cm³/mol. The number of aromatic nitrogens is 2. The van der Waals surface area contributed by atoms with Gasteiger partial charge in [-0.1, -0.05) is 0 Å². The molecule has 0 unspecified atom stereocenters. The van der Waals surface area contributed by atoms with Crippen LogP contribution in [0.15, 0.2) is 36.7 Å². The summed E-state index contributed by atoms with van der Waals surface area (Å²) in [6.07, 6.45) is 3.51. The van der Waals surface area contributed by atoms with E-state index in [4.69, 9.17) is 4.74 Å². The van der Waals surface area contributed by atoms with Crippen LogP contribution in [0.5, 0.6) is 5.75 Å². The van der Waals surface area contributed by atoms with Crippen LogP contribution in [-0.4, -0.2) is 24.1 Å². The fourth-order valence-corrected chi connectivity index (χ4v) is 1.35. The van der Waals surface area contributed by atoms with E-state index in [1.807, 2.05) is 31.3 Å². The summed E-state index contributed by atoms with van der Waals surface area (Å²) in [5, 5.41) is 2.98. The van der Waals surface area contributed by atoms with Gasteiger partial charge in [-0.2, -0.15) is 0 Å². The molecule has 1 aromatic heterocycles. The summed E-state index contributed by atoms with van der Waals surface area (Å²) < 4.78 is 5.09. The summed E-state index contributed by atoms with van der Waals surface area (Å²) in [5.74, 6) is 1.54. The average Bonchev–Trinajstić information content (AvgIpc) is 2.39. The van der Waals surface area contributed by atoms with E-state index in [2.05, 4.69) is 15.3 Å². The summed E-state index contributed by atoms with van der Waals surface area (Å²) in [6, 6.07) is 7.66. The van der Waals surface area contributed by atoms with Crippen LogP contribution in [-0.2, 0) is 0 Å². The minimum Gasteiger partial charge on any atom is -0.497 e. The molecule has 0 saturated heterocycles. The van der Waals surface area contributed by atoms with Crippen molar-refractivity contribution < 1.29 is 4.74 Å². The normalized spacial score (nSPS) is 9.88. The Morgan fingerprint density at radius 3 is 2.19 bits per heavy atom. The Labute approximate surface area is 94.3 Å². The molecule has 0 saturated carbocycles. The first-order chi connectivity index (χ1) is 7.83. The first-order valence-corrected chi connectivity index (χ1v) is 4.97. The van der Waals surface area contributed by atoms with Crippen LogP contribution in [0.1, 0.15) is 0 Å². The number of hydrogen-bond acceptors (Lipinski definition) is 4. The van der Waals surface area contributed by atoms with Gasteiger partial charge >= 0.3 is 0 Å². The Balaban J connectivity index is 2.28. The van der Waals surface area contributed by atoms with Crippen molar-refractivity contribution >= 4 is 5.69 Å². The molecule has 0 aliphatic rings. The Kier molecular flexibility index (Phi) is 3.00. The van der Waals surface area contributed by atoms with Crippen LogP contribution in [0.4, 0.5) is 5.69 Å². The van der Waals surface area contributed by atoms with Crippen LogP contribution < -0.4 is 10.1 Å². The highest BCUT2D eigenvalue weighted by molar-refractivity contribution is 5.57. The van der Waals surface area contributed by atoms with Gasteiger partial charge in [-0.25, -0.2) is 9.97 Å². The summed E-state index contributed by atoms with van der Waals surface area (Å²) in [5.41, 5.74) is 1.88. The quantitative estimate of drug-likeness (QED) is 0.852. The lowest BCUT2D eigenvalue weighted by Crippen LogP contribution is -1.93. The lowest BCUT2D eigenvalue weighted by molar-refractivity contribution is 0.415. The molecule has 0 atom stereocenters. The van der Waals surface area contributed by atoms with Gasteiger partial charge in [0.05, 0.1) is 25.2 Å². The van der Waals surface area contributed by atoms with Crippen LogP contribution >= 0.6 is 0 Å². The first kappa shape index (κ1) is 10.4. The van der Waals surface area contributed by atoms with Gasteiger partial charge in [0.2, 0.25) is 0 Å². The Bertz CT molecular complexity index is 405. The lowest BCUT2D eigenvalue weighted by Gasteiger charge is -2.03. The number of benzene rings is 1. The van der Waals surface area contributed by atoms with E-state index in [9.17, 15) is 0 Å². The molecule has 16 heavy (non-hydrogen) atoms. The lowest BCUT2D eigenvalue weighted by atomic mass is 10.2. The monoisotopic (exact) mass is 215 g/mol. The van der Waals surface area contributed by atoms with Crippen LogP contribution in [0.25, 0.3) is 11.4 Å². The first-order valence-electron chi connectivity index (χ1n) is 4.97. The van der Waals surface area contributed by atoms with Crippen molar-refractivity contribution in [2.24, 2.45) is 0 Å². The minimum absolute atomic E-state index is 0.710. The van der Waals surface area contributed by atoms with Gasteiger partial charge in [-0.05, 0) is 24.3 Å². The summed E-state index contributed by atoms with van der Waals surface area (Å²) in [7, 11) is 3.49. The number of methoxy groups -OCH3 is 1. The smallest absolute Gasteiger partial charge is 0.159 e. The Morgan fingerprint density at radius 2 is 1.69 bits per heavy atom. The van der Waals surface area contributed by atoms with Crippen molar-refractivity contribution in [3.8, 4) is 17.1 Å². The maximum atomic E-state index is 5.09. The van der Waals surface area contributed by atoms with Gasteiger partial charge in [-0.15, -0.1) is 0 Å². The zero-order valence-electron chi connectivity index (χ0n) is 9.27. The maximum absolute atomic E-state index is 5.09. The fraction of sp³-hybridized carbons (Fsp3) is 0.167. The van der Waals surface area contributed by atoms with Gasteiger partial charge in [0.1, 0.15) is 5.75 Å². The molecule has 1 N–H and O–H groups in total. The number of nitrogens with one attached hydrogen (secondary N) is 1. The zero-order valence-corrected chi connectivity index (χ0v) is 9.27. The molecule has 0 fully saturated rings. The second kappa shape index (κ2) is 4.61. The van der Waals surface area contributed by atoms with Crippen molar-refractivity contribution in [3.63, 3.8) is 0 Å². The van der Waals surface area contributed by atoms with Crippen LogP contribution in [0.3, 0.4) is 0 Å². The van der Waals surface area contributed by atoms with Gasteiger partial charge < -0.3 is 10.1 Å². The number of anilines is 1. The third kappa shape index (κ3) is 2.11. The molecule has 0 aliphatic carbocycles. The predicted octanol–water partition coefficient (Wildman–Crippen LogP) is 2.19. The van der Waals surface area contributed by atoms with Gasteiger partial charge in [0.25, 0.3) is 0 Å².